The number of hydrogen-bond acceptors (Lipinski definition) is 3. The molecule has 0 atom stereocenters. The number of rotatable bonds is 5. The van der Waals surface area contributed by atoms with Gasteiger partial charge in [0.25, 0.3) is 6.43 Å². The lowest BCUT2D eigenvalue weighted by atomic mass is 9.88. The number of halogens is 8. The quantitative estimate of drug-likeness (QED) is 0.341. The number of carbonyl (C=O) groups is 1. The molecule has 0 spiro atoms. The van der Waals surface area contributed by atoms with Crippen molar-refractivity contribution in [2.45, 2.75) is 25.4 Å². The van der Waals surface area contributed by atoms with Gasteiger partial charge in [-0.05, 0) is 17.7 Å². The Morgan fingerprint density at radius 2 is 1.45 bits per heavy atom. The number of aliphatic hydroxyl groups is 1. The molecule has 3 rings (SSSR count). The maximum absolute atomic E-state index is 13.8. The Hall–Kier alpha value is -3.34. The molecule has 0 aliphatic heterocycles. The van der Waals surface area contributed by atoms with E-state index in [1.807, 2.05) is 0 Å². The molecule has 33 heavy (non-hydrogen) atoms. The first kappa shape index (κ1) is 24.3. The monoisotopic (exact) mass is 475 g/mol. The number of aliphatic hydroxyl groups excluding tert-OH is 1. The van der Waals surface area contributed by atoms with E-state index in [2.05, 4.69) is 4.98 Å². The largest absolute Gasteiger partial charge is 0.433 e. The van der Waals surface area contributed by atoms with Crippen molar-refractivity contribution in [1.82, 2.24) is 4.98 Å². The topological polar surface area (TPSA) is 50.2 Å². The van der Waals surface area contributed by atoms with E-state index in [0.717, 1.165) is 12.1 Å². The smallest absolute Gasteiger partial charge is 0.392 e. The molecule has 0 unspecified atom stereocenters. The molecule has 3 nitrogen and oxygen atoms in total. The van der Waals surface area contributed by atoms with E-state index >= 15 is 0 Å². The van der Waals surface area contributed by atoms with Gasteiger partial charge in [0.15, 0.2) is 11.5 Å². The van der Waals surface area contributed by atoms with Crippen LogP contribution in [0.5, 0.6) is 0 Å². The van der Waals surface area contributed by atoms with Gasteiger partial charge in [-0.3, -0.25) is 4.79 Å². The Bertz CT molecular complexity index is 1150. The maximum atomic E-state index is 13.8. The summed E-state index contributed by atoms with van der Waals surface area (Å²) in [6.07, 6.45) is -13.6. The van der Waals surface area contributed by atoms with Crippen LogP contribution in [0.4, 0.5) is 35.1 Å². The predicted octanol–water partition coefficient (Wildman–Crippen LogP) is 6.45. The Kier molecular flexibility index (Phi) is 6.55. The first-order valence-corrected chi connectivity index (χ1v) is 9.16. The van der Waals surface area contributed by atoms with Crippen LogP contribution in [0.15, 0.2) is 54.6 Å². The van der Waals surface area contributed by atoms with Gasteiger partial charge in [-0.1, -0.05) is 42.5 Å². The van der Waals surface area contributed by atoms with Crippen molar-refractivity contribution in [1.29, 1.82) is 0 Å². The highest BCUT2D eigenvalue weighted by Crippen LogP contribution is 2.41. The summed E-state index contributed by atoms with van der Waals surface area (Å²) in [4.78, 5) is 16.1. The third kappa shape index (κ3) is 4.87. The fourth-order valence-corrected chi connectivity index (χ4v) is 3.30. The average Bonchev–Trinajstić information content (AvgIpc) is 2.76. The van der Waals surface area contributed by atoms with Gasteiger partial charge < -0.3 is 5.11 Å². The molecule has 0 bridgehead atoms. The zero-order valence-corrected chi connectivity index (χ0v) is 16.3. The highest BCUT2D eigenvalue weighted by molar-refractivity contribution is 6.14. The van der Waals surface area contributed by atoms with Crippen LogP contribution in [0.3, 0.4) is 0 Å². The molecule has 3 aromatic rings. The highest BCUT2D eigenvalue weighted by Gasteiger charge is 2.40. The lowest BCUT2D eigenvalue weighted by Crippen LogP contribution is -2.20. The zero-order chi connectivity index (χ0) is 24.6. The van der Waals surface area contributed by atoms with E-state index < -0.39 is 70.4 Å². The fraction of sp³-hybridized carbons (Fsp3) is 0.182. The number of nitrogens with zero attached hydrogens (tertiary/aromatic N) is 1. The van der Waals surface area contributed by atoms with Crippen molar-refractivity contribution in [2.24, 2.45) is 0 Å². The van der Waals surface area contributed by atoms with Crippen molar-refractivity contribution in [3.63, 3.8) is 0 Å². The minimum Gasteiger partial charge on any atom is -0.392 e. The molecular weight excluding hydrogens is 462 g/mol. The van der Waals surface area contributed by atoms with Crippen molar-refractivity contribution in [3.8, 4) is 11.1 Å². The number of aromatic nitrogens is 1. The van der Waals surface area contributed by atoms with Crippen molar-refractivity contribution in [2.75, 3.05) is 0 Å². The normalized spacial score (nSPS) is 12.3. The molecule has 1 N–H and O–H groups in total. The average molecular weight is 475 g/mol. The van der Waals surface area contributed by atoms with Crippen LogP contribution in [0.2, 0.25) is 0 Å². The summed E-state index contributed by atoms with van der Waals surface area (Å²) in [5, 5.41) is 9.69. The van der Waals surface area contributed by atoms with Gasteiger partial charge in [0.1, 0.15) is 5.69 Å². The maximum Gasteiger partial charge on any atom is 0.433 e. The van der Waals surface area contributed by atoms with Gasteiger partial charge in [-0.2, -0.15) is 26.3 Å². The van der Waals surface area contributed by atoms with E-state index in [4.69, 9.17) is 0 Å². The number of benzene rings is 2. The molecule has 0 aliphatic rings. The van der Waals surface area contributed by atoms with Crippen LogP contribution < -0.4 is 0 Å². The summed E-state index contributed by atoms with van der Waals surface area (Å²) in [5.41, 5.74) is -7.44. The second-order valence-electron chi connectivity index (χ2n) is 6.80. The Labute approximate surface area is 181 Å². The van der Waals surface area contributed by atoms with E-state index in [0.29, 0.717) is 12.1 Å². The molecule has 0 fully saturated rings. The summed E-state index contributed by atoms with van der Waals surface area (Å²) in [7, 11) is 0. The number of alkyl halides is 8. The fourth-order valence-electron chi connectivity index (χ4n) is 3.30. The van der Waals surface area contributed by atoms with Gasteiger partial charge in [-0.25, -0.2) is 13.8 Å². The number of hydrogen-bond donors (Lipinski definition) is 1. The molecule has 1 heterocycles. The zero-order valence-electron chi connectivity index (χ0n) is 16.3. The minimum atomic E-state index is -5.23. The van der Waals surface area contributed by atoms with Crippen molar-refractivity contribution >= 4 is 5.78 Å². The molecule has 11 heteroatoms. The van der Waals surface area contributed by atoms with Crippen LogP contribution in [-0.2, 0) is 19.0 Å². The molecule has 1 aromatic heterocycles. The lowest BCUT2D eigenvalue weighted by Gasteiger charge is -2.21. The van der Waals surface area contributed by atoms with Gasteiger partial charge >= 0.3 is 12.4 Å². The highest BCUT2D eigenvalue weighted by atomic mass is 19.4. The Balaban J connectivity index is 2.37. The van der Waals surface area contributed by atoms with Crippen LogP contribution in [-0.4, -0.2) is 15.9 Å². The second-order valence-corrected chi connectivity index (χ2v) is 6.80. The lowest BCUT2D eigenvalue weighted by molar-refractivity contribution is -0.142. The third-order valence-corrected chi connectivity index (χ3v) is 4.72. The standard InChI is InChI=1S/C22H13F8NO2/c23-20(24)17-16(18(33)12-6-8-13(9-7-12)21(25,26)27)15(11-4-2-1-3-5-11)14(10-32)19(31-17)22(28,29)30/h1-9,20,32H,10H2. The summed E-state index contributed by atoms with van der Waals surface area (Å²) in [5.74, 6) is -1.27. The van der Waals surface area contributed by atoms with Crippen LogP contribution in [0, 0.1) is 0 Å². The predicted molar refractivity (Wildman–Crippen MR) is 100 cm³/mol. The first-order chi connectivity index (χ1) is 15.4. The van der Waals surface area contributed by atoms with Crippen LogP contribution in [0.25, 0.3) is 11.1 Å². The van der Waals surface area contributed by atoms with Gasteiger partial charge in [0.2, 0.25) is 0 Å². The van der Waals surface area contributed by atoms with E-state index in [1.54, 1.807) is 0 Å². The Morgan fingerprint density at radius 3 is 1.91 bits per heavy atom. The van der Waals surface area contributed by atoms with Gasteiger partial charge in [0.05, 0.1) is 17.7 Å². The molecule has 2 aromatic carbocycles. The molecule has 0 amide bonds. The van der Waals surface area contributed by atoms with Crippen molar-refractivity contribution in [3.05, 3.63) is 88.2 Å². The summed E-state index contributed by atoms with van der Waals surface area (Å²) >= 11 is 0. The molecule has 174 valence electrons. The molecule has 0 saturated heterocycles. The van der Waals surface area contributed by atoms with Gasteiger partial charge in [0, 0.05) is 16.7 Å². The molecular formula is C22H13F8NO2. The number of ketones is 1. The van der Waals surface area contributed by atoms with E-state index in [9.17, 15) is 45.0 Å². The molecule has 0 saturated carbocycles. The SMILES string of the molecule is O=C(c1ccc(C(F)(F)F)cc1)c1c(C(F)F)nc(C(F)(F)F)c(CO)c1-c1ccccc1. The van der Waals surface area contributed by atoms with E-state index in [-0.39, 0.29) is 5.56 Å². The summed E-state index contributed by atoms with van der Waals surface area (Å²) < 4.78 is 107. The van der Waals surface area contributed by atoms with E-state index in [1.165, 1.54) is 30.3 Å². The Morgan fingerprint density at radius 1 is 0.879 bits per heavy atom. The summed E-state index contributed by atoms with van der Waals surface area (Å²) in [6.45, 7) is -1.29. The second kappa shape index (κ2) is 8.89. The molecule has 0 aliphatic carbocycles. The third-order valence-electron chi connectivity index (χ3n) is 4.72. The van der Waals surface area contributed by atoms with Crippen LogP contribution >= 0.6 is 0 Å². The van der Waals surface area contributed by atoms with Gasteiger partial charge in [-0.15, -0.1) is 0 Å². The number of carbonyl (C=O) groups excluding carboxylic acids is 1. The molecule has 0 radical (unpaired) electrons. The summed E-state index contributed by atoms with van der Waals surface area (Å²) in [6, 6.07) is 9.26. The number of pyridine rings is 1. The first-order valence-electron chi connectivity index (χ1n) is 9.16. The minimum absolute atomic E-state index is 0.0911. The van der Waals surface area contributed by atoms with Crippen LogP contribution in [0.1, 0.15) is 44.9 Å². The van der Waals surface area contributed by atoms with Crippen molar-refractivity contribution < 1.29 is 45.0 Å².